The van der Waals surface area contributed by atoms with E-state index in [1.165, 1.54) is 0 Å². The second kappa shape index (κ2) is 13.0. The second-order valence-corrected chi connectivity index (χ2v) is 8.07. The highest BCUT2D eigenvalue weighted by atomic mass is 16.7. The molecule has 0 aliphatic carbocycles. The van der Waals surface area contributed by atoms with E-state index in [9.17, 15) is 0 Å². The molecule has 4 rings (SSSR count). The number of hydrogen-bond donors (Lipinski definition) is 0. The highest BCUT2D eigenvalue weighted by molar-refractivity contribution is 5.15. The van der Waals surface area contributed by atoms with Gasteiger partial charge in [-0.25, -0.2) is 0 Å². The van der Waals surface area contributed by atoms with Gasteiger partial charge in [0, 0.05) is 0 Å². The lowest BCUT2D eigenvalue weighted by Crippen LogP contribution is -2.56. The van der Waals surface area contributed by atoms with Crippen LogP contribution in [0.5, 0.6) is 0 Å². The summed E-state index contributed by atoms with van der Waals surface area (Å²) in [6.07, 6.45) is 3.51. The predicted octanol–water partition coefficient (Wildman–Crippen LogP) is 4.75. The fraction of sp³-hybridized carbons (Fsp3) is 0.310. The Hall–Kier alpha value is -2.98. The zero-order valence-electron chi connectivity index (χ0n) is 19.1. The van der Waals surface area contributed by atoms with Gasteiger partial charge in [0.25, 0.3) is 0 Å². The molecule has 1 aliphatic heterocycles. The molecule has 3 aromatic rings. The van der Waals surface area contributed by atoms with Gasteiger partial charge in [-0.2, -0.15) is 0 Å². The van der Waals surface area contributed by atoms with Crippen LogP contribution in [0.1, 0.15) is 16.7 Å². The van der Waals surface area contributed by atoms with Crippen LogP contribution >= 0.6 is 0 Å². The zero-order valence-corrected chi connectivity index (χ0v) is 19.1. The Morgan fingerprint density at radius 2 is 1.12 bits per heavy atom. The van der Waals surface area contributed by atoms with Gasteiger partial charge in [-0.1, -0.05) is 96.9 Å². The van der Waals surface area contributed by atoms with Crippen LogP contribution in [0.15, 0.2) is 91.0 Å². The van der Waals surface area contributed by atoms with E-state index >= 15 is 0 Å². The lowest BCUT2D eigenvalue weighted by Gasteiger charge is -2.41. The van der Waals surface area contributed by atoms with E-state index in [1.807, 2.05) is 91.0 Å². The predicted molar refractivity (Wildman–Crippen MR) is 130 cm³/mol. The zero-order chi connectivity index (χ0) is 23.4. The summed E-state index contributed by atoms with van der Waals surface area (Å²) >= 11 is 0. The minimum absolute atomic E-state index is 0.122. The largest absolute Gasteiger partial charge is 0.368 e. The number of hydrogen-bond acceptors (Lipinski definition) is 5. The van der Waals surface area contributed by atoms with Gasteiger partial charge in [-0.05, 0) is 16.7 Å². The van der Waals surface area contributed by atoms with E-state index in [1.54, 1.807) is 0 Å². The summed E-state index contributed by atoms with van der Waals surface area (Å²) in [5, 5.41) is 0. The molecule has 0 spiro atoms. The first kappa shape index (κ1) is 24.2. The lowest BCUT2D eigenvalue weighted by molar-refractivity contribution is -0.296. The van der Waals surface area contributed by atoms with Gasteiger partial charge in [-0.15, -0.1) is 6.42 Å². The van der Waals surface area contributed by atoms with Crippen LogP contribution in [0, 0.1) is 12.3 Å². The summed E-state index contributed by atoms with van der Waals surface area (Å²) in [7, 11) is 0. The molecule has 0 radical (unpaired) electrons. The third-order valence-corrected chi connectivity index (χ3v) is 5.59. The van der Waals surface area contributed by atoms with Crippen molar-refractivity contribution in [3.8, 4) is 12.3 Å². The van der Waals surface area contributed by atoms with Crippen molar-refractivity contribution in [1.29, 1.82) is 0 Å². The molecule has 34 heavy (non-hydrogen) atoms. The smallest absolute Gasteiger partial charge is 0.187 e. The van der Waals surface area contributed by atoms with Gasteiger partial charge < -0.3 is 23.7 Å². The van der Waals surface area contributed by atoms with Crippen LogP contribution in [0.2, 0.25) is 0 Å². The number of rotatable bonds is 11. The maximum Gasteiger partial charge on any atom is 0.187 e. The Labute approximate surface area is 201 Å². The first-order chi connectivity index (χ1) is 16.8. The van der Waals surface area contributed by atoms with Crippen LogP contribution in [-0.2, 0) is 43.5 Å². The van der Waals surface area contributed by atoms with Crippen LogP contribution < -0.4 is 0 Å². The van der Waals surface area contributed by atoms with E-state index in [4.69, 9.17) is 30.1 Å². The molecule has 0 aromatic heterocycles. The van der Waals surface area contributed by atoms with Gasteiger partial charge in [0.1, 0.15) is 24.9 Å². The molecule has 1 heterocycles. The normalized spacial score (nSPS) is 22.2. The second-order valence-electron chi connectivity index (χ2n) is 8.07. The molecule has 2 unspecified atom stereocenters. The maximum atomic E-state index is 6.42. The summed E-state index contributed by atoms with van der Waals surface area (Å²) in [5.74, 6) is 2.51. The Morgan fingerprint density at radius 1 is 0.647 bits per heavy atom. The Morgan fingerprint density at radius 3 is 1.62 bits per heavy atom. The van der Waals surface area contributed by atoms with Gasteiger partial charge in [-0.3, -0.25) is 0 Å². The molecule has 0 bridgehead atoms. The van der Waals surface area contributed by atoms with Crippen molar-refractivity contribution >= 4 is 0 Å². The average Bonchev–Trinajstić information content (AvgIpc) is 2.90. The minimum Gasteiger partial charge on any atom is -0.368 e. The van der Waals surface area contributed by atoms with Crippen molar-refractivity contribution in [3.63, 3.8) is 0 Å². The van der Waals surface area contributed by atoms with Crippen molar-refractivity contribution in [2.24, 2.45) is 0 Å². The quantitative estimate of drug-likeness (QED) is 0.388. The average molecular weight is 459 g/mol. The van der Waals surface area contributed by atoms with E-state index in [-0.39, 0.29) is 12.7 Å². The number of ether oxygens (including phenoxy) is 5. The Kier molecular flexibility index (Phi) is 9.27. The third-order valence-electron chi connectivity index (χ3n) is 5.59. The fourth-order valence-electron chi connectivity index (χ4n) is 3.85. The molecule has 1 fully saturated rings. The molecule has 5 nitrogen and oxygen atoms in total. The standard InChI is InChI=1S/C29H30O5/c1-2-18-30-29-28(33-21-25-16-10-5-11-17-25)27(32-20-24-14-8-4-9-15-24)26(22-34-29)31-19-23-12-6-3-7-13-23/h1,3-17,26-29H,18-22H2/t26-,27?,28?,29+/m1/s1. The molecule has 3 aromatic carbocycles. The highest BCUT2D eigenvalue weighted by Gasteiger charge is 2.43. The van der Waals surface area contributed by atoms with Crippen molar-refractivity contribution in [1.82, 2.24) is 0 Å². The van der Waals surface area contributed by atoms with Crippen molar-refractivity contribution in [2.75, 3.05) is 13.2 Å². The number of benzene rings is 3. The molecule has 1 aliphatic rings. The van der Waals surface area contributed by atoms with Crippen molar-refractivity contribution in [2.45, 2.75) is 44.4 Å². The van der Waals surface area contributed by atoms with Gasteiger partial charge in [0.05, 0.1) is 26.4 Å². The molecular formula is C29H30O5. The van der Waals surface area contributed by atoms with E-state index < -0.39 is 18.5 Å². The number of terminal acetylenes is 1. The van der Waals surface area contributed by atoms with Crippen molar-refractivity contribution in [3.05, 3.63) is 108 Å². The summed E-state index contributed by atoms with van der Waals surface area (Å²) < 4.78 is 30.9. The van der Waals surface area contributed by atoms with E-state index in [0.29, 0.717) is 26.4 Å². The summed E-state index contributed by atoms with van der Waals surface area (Å²) in [5.41, 5.74) is 3.20. The molecule has 0 amide bonds. The maximum absolute atomic E-state index is 6.42. The van der Waals surface area contributed by atoms with Crippen LogP contribution in [0.4, 0.5) is 0 Å². The van der Waals surface area contributed by atoms with Crippen LogP contribution in [0.25, 0.3) is 0 Å². The van der Waals surface area contributed by atoms with E-state index in [2.05, 4.69) is 5.92 Å². The summed E-state index contributed by atoms with van der Waals surface area (Å²) in [4.78, 5) is 0. The van der Waals surface area contributed by atoms with Crippen molar-refractivity contribution < 1.29 is 23.7 Å². The fourth-order valence-corrected chi connectivity index (χ4v) is 3.85. The molecule has 176 valence electrons. The SMILES string of the molecule is C#CCO[C@H]1OC[C@@H](OCc2ccccc2)C(OCc2ccccc2)C1OCc1ccccc1. The molecule has 0 saturated carbocycles. The molecule has 4 atom stereocenters. The highest BCUT2D eigenvalue weighted by Crippen LogP contribution is 2.27. The lowest BCUT2D eigenvalue weighted by atomic mass is 10.0. The topological polar surface area (TPSA) is 46.2 Å². The molecular weight excluding hydrogens is 428 g/mol. The first-order valence-electron chi connectivity index (χ1n) is 11.5. The molecule has 1 saturated heterocycles. The Bertz CT molecular complexity index is 1000. The van der Waals surface area contributed by atoms with Crippen LogP contribution in [0.3, 0.4) is 0 Å². The molecule has 0 N–H and O–H groups in total. The summed E-state index contributed by atoms with van der Waals surface area (Å²) in [6.45, 7) is 1.69. The minimum atomic E-state index is -0.655. The van der Waals surface area contributed by atoms with Gasteiger partial charge in [0.2, 0.25) is 0 Å². The monoisotopic (exact) mass is 458 g/mol. The van der Waals surface area contributed by atoms with Gasteiger partial charge in [0.15, 0.2) is 6.29 Å². The first-order valence-corrected chi connectivity index (χ1v) is 11.5. The Balaban J connectivity index is 1.52. The summed E-state index contributed by atoms with van der Waals surface area (Å²) in [6, 6.07) is 30.1. The van der Waals surface area contributed by atoms with Gasteiger partial charge >= 0.3 is 0 Å². The molecule has 5 heteroatoms. The van der Waals surface area contributed by atoms with E-state index in [0.717, 1.165) is 16.7 Å². The van der Waals surface area contributed by atoms with Crippen LogP contribution in [-0.4, -0.2) is 37.8 Å². The third kappa shape index (κ3) is 7.01.